The van der Waals surface area contributed by atoms with Crippen molar-refractivity contribution in [3.8, 4) is 0 Å². The van der Waals surface area contributed by atoms with Crippen LogP contribution in [-0.2, 0) is 11.3 Å². The van der Waals surface area contributed by atoms with Crippen molar-refractivity contribution >= 4 is 5.91 Å². The molecule has 1 N–H and O–H groups in total. The summed E-state index contributed by atoms with van der Waals surface area (Å²) < 4.78 is 4.97. The first-order chi connectivity index (χ1) is 10.7. The highest BCUT2D eigenvalue weighted by molar-refractivity contribution is 5.94. The van der Waals surface area contributed by atoms with E-state index in [1.807, 2.05) is 12.1 Å². The maximum absolute atomic E-state index is 12.0. The summed E-state index contributed by atoms with van der Waals surface area (Å²) in [5.74, 6) is 0.792. The van der Waals surface area contributed by atoms with E-state index in [0.717, 1.165) is 24.4 Å². The van der Waals surface area contributed by atoms with Crippen LogP contribution >= 0.6 is 0 Å². The van der Waals surface area contributed by atoms with E-state index >= 15 is 0 Å². The van der Waals surface area contributed by atoms with Crippen LogP contribution in [0, 0.1) is 5.92 Å². The smallest absolute Gasteiger partial charge is 0.251 e. The van der Waals surface area contributed by atoms with Gasteiger partial charge in [-0.05, 0) is 49.4 Å². The summed E-state index contributed by atoms with van der Waals surface area (Å²) in [6.45, 7) is 7.00. The van der Waals surface area contributed by atoms with Crippen molar-refractivity contribution in [1.82, 2.24) is 10.2 Å². The second kappa shape index (κ2) is 8.91. The first-order valence-electron chi connectivity index (χ1n) is 8.27. The summed E-state index contributed by atoms with van der Waals surface area (Å²) in [4.78, 5) is 14.5. The highest BCUT2D eigenvalue weighted by Gasteiger charge is 2.16. The SMILES string of the molecule is COCCCNC(=O)c1ccc(CN2CCCC(C)C2)cc1. The Morgan fingerprint density at radius 1 is 1.36 bits per heavy atom. The molecular weight excluding hydrogens is 276 g/mol. The lowest BCUT2D eigenvalue weighted by molar-refractivity contribution is 0.0948. The van der Waals surface area contributed by atoms with Gasteiger partial charge in [0, 0.05) is 38.9 Å². The van der Waals surface area contributed by atoms with Crippen molar-refractivity contribution in [2.24, 2.45) is 5.92 Å². The van der Waals surface area contributed by atoms with Gasteiger partial charge in [0.1, 0.15) is 0 Å². The summed E-state index contributed by atoms with van der Waals surface area (Å²) in [6, 6.07) is 8.00. The highest BCUT2D eigenvalue weighted by atomic mass is 16.5. The molecule has 0 radical (unpaired) electrons. The van der Waals surface area contributed by atoms with Crippen molar-refractivity contribution in [2.75, 3.05) is 33.4 Å². The normalized spacial score (nSPS) is 19.1. The third-order valence-corrected chi connectivity index (χ3v) is 4.17. The van der Waals surface area contributed by atoms with Gasteiger partial charge in [-0.15, -0.1) is 0 Å². The standard InChI is InChI=1S/C18H28N2O2/c1-15-5-3-11-20(13-15)14-16-6-8-17(9-7-16)18(21)19-10-4-12-22-2/h6-9,15H,3-5,10-14H2,1-2H3,(H,19,21). The van der Waals surface area contributed by atoms with Gasteiger partial charge in [0.25, 0.3) is 5.91 Å². The minimum atomic E-state index is -0.00533. The zero-order valence-electron chi connectivity index (χ0n) is 13.8. The Balaban J connectivity index is 1.80. The molecule has 1 unspecified atom stereocenters. The molecule has 4 heteroatoms. The monoisotopic (exact) mass is 304 g/mol. The Morgan fingerprint density at radius 3 is 2.82 bits per heavy atom. The van der Waals surface area contributed by atoms with Crippen molar-refractivity contribution in [2.45, 2.75) is 32.7 Å². The zero-order chi connectivity index (χ0) is 15.8. The second-order valence-corrected chi connectivity index (χ2v) is 6.28. The molecule has 1 amide bonds. The van der Waals surface area contributed by atoms with Crippen LogP contribution in [0.15, 0.2) is 24.3 Å². The van der Waals surface area contributed by atoms with E-state index in [0.29, 0.717) is 13.2 Å². The Hall–Kier alpha value is -1.39. The zero-order valence-corrected chi connectivity index (χ0v) is 13.8. The van der Waals surface area contributed by atoms with Crippen LogP contribution in [-0.4, -0.2) is 44.2 Å². The fourth-order valence-corrected chi connectivity index (χ4v) is 2.97. The molecule has 1 fully saturated rings. The Bertz CT molecular complexity index is 459. The molecule has 1 aromatic rings. The van der Waals surface area contributed by atoms with Gasteiger partial charge >= 0.3 is 0 Å². The Morgan fingerprint density at radius 2 is 2.14 bits per heavy atom. The van der Waals surface area contributed by atoms with Crippen LogP contribution < -0.4 is 5.32 Å². The van der Waals surface area contributed by atoms with E-state index in [1.165, 1.54) is 31.5 Å². The third-order valence-electron chi connectivity index (χ3n) is 4.17. The molecule has 0 bridgehead atoms. The topological polar surface area (TPSA) is 41.6 Å². The molecular formula is C18H28N2O2. The summed E-state index contributed by atoms with van der Waals surface area (Å²) in [5, 5.41) is 2.91. The number of hydrogen-bond acceptors (Lipinski definition) is 3. The minimum absolute atomic E-state index is 0.00533. The van der Waals surface area contributed by atoms with E-state index in [4.69, 9.17) is 4.74 Å². The number of nitrogens with zero attached hydrogens (tertiary/aromatic N) is 1. The van der Waals surface area contributed by atoms with Crippen molar-refractivity contribution < 1.29 is 9.53 Å². The lowest BCUT2D eigenvalue weighted by Gasteiger charge is -2.30. The number of nitrogens with one attached hydrogen (secondary N) is 1. The Kier molecular flexibility index (Phi) is 6.87. The van der Waals surface area contributed by atoms with Gasteiger partial charge in [-0.2, -0.15) is 0 Å². The van der Waals surface area contributed by atoms with E-state index in [2.05, 4.69) is 29.3 Å². The van der Waals surface area contributed by atoms with E-state index in [-0.39, 0.29) is 5.91 Å². The second-order valence-electron chi connectivity index (χ2n) is 6.28. The number of amides is 1. The molecule has 0 spiro atoms. The number of piperidine rings is 1. The van der Waals surface area contributed by atoms with Crippen molar-refractivity contribution in [3.05, 3.63) is 35.4 Å². The average Bonchev–Trinajstić information content (AvgIpc) is 2.52. The third kappa shape index (κ3) is 5.43. The number of hydrogen-bond donors (Lipinski definition) is 1. The predicted molar refractivity (Wildman–Crippen MR) is 88.9 cm³/mol. The molecule has 122 valence electrons. The number of rotatable bonds is 7. The first kappa shape index (κ1) is 17.0. The number of likely N-dealkylation sites (tertiary alicyclic amines) is 1. The largest absolute Gasteiger partial charge is 0.385 e. The molecule has 22 heavy (non-hydrogen) atoms. The highest BCUT2D eigenvalue weighted by Crippen LogP contribution is 2.18. The molecule has 0 aliphatic carbocycles. The summed E-state index contributed by atoms with van der Waals surface area (Å²) in [5.41, 5.74) is 2.01. The fraction of sp³-hybridized carbons (Fsp3) is 0.611. The fourth-order valence-electron chi connectivity index (χ4n) is 2.97. The number of methoxy groups -OCH3 is 1. The minimum Gasteiger partial charge on any atom is -0.385 e. The lowest BCUT2D eigenvalue weighted by atomic mass is 9.99. The van der Waals surface area contributed by atoms with Crippen LogP contribution in [0.1, 0.15) is 42.1 Å². The lowest BCUT2D eigenvalue weighted by Crippen LogP contribution is -2.33. The van der Waals surface area contributed by atoms with Gasteiger partial charge in [-0.3, -0.25) is 9.69 Å². The molecule has 1 aliphatic heterocycles. The number of carbonyl (C=O) groups is 1. The van der Waals surface area contributed by atoms with Gasteiger partial charge < -0.3 is 10.1 Å². The van der Waals surface area contributed by atoms with Gasteiger partial charge in [-0.25, -0.2) is 0 Å². The maximum Gasteiger partial charge on any atom is 0.251 e. The quantitative estimate of drug-likeness (QED) is 0.788. The van der Waals surface area contributed by atoms with Crippen LogP contribution in [0.25, 0.3) is 0 Å². The molecule has 0 aromatic heterocycles. The predicted octanol–water partition coefficient (Wildman–Crippen LogP) is 2.68. The molecule has 1 atom stereocenters. The number of ether oxygens (including phenoxy) is 1. The molecule has 1 heterocycles. The van der Waals surface area contributed by atoms with Crippen LogP contribution in [0.5, 0.6) is 0 Å². The van der Waals surface area contributed by atoms with Gasteiger partial charge in [0.15, 0.2) is 0 Å². The van der Waals surface area contributed by atoms with Crippen LogP contribution in [0.2, 0.25) is 0 Å². The van der Waals surface area contributed by atoms with Crippen molar-refractivity contribution in [1.29, 1.82) is 0 Å². The van der Waals surface area contributed by atoms with Gasteiger partial charge in [-0.1, -0.05) is 19.1 Å². The number of benzene rings is 1. The summed E-state index contributed by atoms with van der Waals surface area (Å²) >= 11 is 0. The van der Waals surface area contributed by atoms with Gasteiger partial charge in [0.05, 0.1) is 0 Å². The molecule has 1 aliphatic rings. The van der Waals surface area contributed by atoms with Crippen LogP contribution in [0.3, 0.4) is 0 Å². The molecule has 4 nitrogen and oxygen atoms in total. The van der Waals surface area contributed by atoms with Crippen LogP contribution in [0.4, 0.5) is 0 Å². The van der Waals surface area contributed by atoms with E-state index in [9.17, 15) is 4.79 Å². The summed E-state index contributed by atoms with van der Waals surface area (Å²) in [7, 11) is 1.67. The van der Waals surface area contributed by atoms with Gasteiger partial charge in [0.2, 0.25) is 0 Å². The Labute approximate surface area is 133 Å². The van der Waals surface area contributed by atoms with E-state index in [1.54, 1.807) is 7.11 Å². The molecule has 2 rings (SSSR count). The molecule has 0 saturated carbocycles. The van der Waals surface area contributed by atoms with Crippen molar-refractivity contribution in [3.63, 3.8) is 0 Å². The molecule has 1 aromatic carbocycles. The maximum atomic E-state index is 12.0. The number of carbonyl (C=O) groups excluding carboxylic acids is 1. The first-order valence-corrected chi connectivity index (χ1v) is 8.27. The van der Waals surface area contributed by atoms with E-state index < -0.39 is 0 Å². The average molecular weight is 304 g/mol. The molecule has 1 saturated heterocycles. The summed E-state index contributed by atoms with van der Waals surface area (Å²) in [6.07, 6.45) is 3.48.